The minimum atomic E-state index is 0.558. The molecule has 3 aromatic rings. The third-order valence-electron chi connectivity index (χ3n) is 10.1. The van der Waals surface area contributed by atoms with E-state index in [0.717, 1.165) is 12.1 Å². The number of pyridine rings is 1. The van der Waals surface area contributed by atoms with Crippen molar-refractivity contribution < 1.29 is 0 Å². The maximum absolute atomic E-state index is 4.68. The molecule has 0 bridgehead atoms. The van der Waals surface area contributed by atoms with E-state index < -0.39 is 0 Å². The highest BCUT2D eigenvalue weighted by Crippen LogP contribution is 2.52. The number of benzene rings is 2. The molecule has 2 nitrogen and oxygen atoms in total. The molecule has 0 fully saturated rings. The summed E-state index contributed by atoms with van der Waals surface area (Å²) in [6, 6.07) is 16.0. The van der Waals surface area contributed by atoms with Gasteiger partial charge in [0.2, 0.25) is 0 Å². The van der Waals surface area contributed by atoms with Crippen LogP contribution < -0.4 is 5.32 Å². The van der Waals surface area contributed by atoms with Gasteiger partial charge >= 0.3 is 0 Å². The molecule has 0 amide bonds. The molecule has 43 heavy (non-hydrogen) atoms. The molecule has 2 heterocycles. The van der Waals surface area contributed by atoms with E-state index in [9.17, 15) is 0 Å². The fourth-order valence-corrected chi connectivity index (χ4v) is 8.01. The first-order valence-electron chi connectivity index (χ1n) is 16.1. The van der Waals surface area contributed by atoms with E-state index >= 15 is 0 Å². The van der Waals surface area contributed by atoms with Gasteiger partial charge in [0.1, 0.15) is 0 Å². The summed E-state index contributed by atoms with van der Waals surface area (Å²) in [6.07, 6.45) is 29.7. The first kappa shape index (κ1) is 27.7. The number of dihydropyridines is 1. The van der Waals surface area contributed by atoms with Gasteiger partial charge in [-0.15, -0.1) is 0 Å². The Balaban J connectivity index is 1.39. The number of fused-ring (bicyclic) bond motifs is 2. The number of nitrogens with one attached hydrogen (secondary N) is 1. The van der Waals surface area contributed by atoms with Crippen LogP contribution in [0, 0.1) is 23.7 Å². The number of rotatable bonds is 5. The number of nitrogens with zero attached hydrogens (tertiary/aromatic N) is 1. The number of allylic oxidation sites excluding steroid dienone is 12. The van der Waals surface area contributed by atoms with E-state index in [1.807, 2.05) is 18.6 Å². The monoisotopic (exact) mass is 562 g/mol. The summed E-state index contributed by atoms with van der Waals surface area (Å²) >= 11 is 0. The highest BCUT2D eigenvalue weighted by molar-refractivity contribution is 6.06. The van der Waals surface area contributed by atoms with E-state index in [-0.39, 0.29) is 0 Å². The topological polar surface area (TPSA) is 24.9 Å². The molecule has 3 aliphatic carbocycles. The van der Waals surface area contributed by atoms with E-state index in [1.165, 1.54) is 75.4 Å². The molecule has 4 atom stereocenters. The first-order chi connectivity index (χ1) is 21.1. The Labute approximate surface area is 257 Å². The minimum absolute atomic E-state index is 0.558. The van der Waals surface area contributed by atoms with Gasteiger partial charge < -0.3 is 5.32 Å². The summed E-state index contributed by atoms with van der Waals surface area (Å²) in [7, 11) is 0. The normalized spacial score (nSPS) is 25.3. The molecule has 216 valence electrons. The molecule has 1 N–H and O–H groups in total. The van der Waals surface area contributed by atoms with Crippen molar-refractivity contribution in [2.24, 2.45) is 23.7 Å². The molecule has 0 radical (unpaired) electrons. The summed E-state index contributed by atoms with van der Waals surface area (Å²) in [5.74, 6) is 2.44. The van der Waals surface area contributed by atoms with Crippen molar-refractivity contribution in [1.82, 2.24) is 10.3 Å². The Morgan fingerprint density at radius 2 is 1.74 bits per heavy atom. The second kappa shape index (κ2) is 11.8. The van der Waals surface area contributed by atoms with Gasteiger partial charge in [-0.1, -0.05) is 91.4 Å². The molecule has 1 aliphatic heterocycles. The van der Waals surface area contributed by atoms with Crippen molar-refractivity contribution in [3.8, 4) is 11.1 Å². The number of hydrogen-bond donors (Lipinski definition) is 1. The maximum Gasteiger partial charge on any atom is 0.0401 e. The van der Waals surface area contributed by atoms with Gasteiger partial charge in [0.15, 0.2) is 0 Å². The van der Waals surface area contributed by atoms with Crippen molar-refractivity contribution in [2.75, 3.05) is 6.54 Å². The molecule has 2 heteroatoms. The molecule has 0 saturated heterocycles. The van der Waals surface area contributed by atoms with Crippen LogP contribution in [0.1, 0.15) is 57.6 Å². The Morgan fingerprint density at radius 1 is 0.930 bits per heavy atom. The third-order valence-corrected chi connectivity index (χ3v) is 10.1. The zero-order valence-electron chi connectivity index (χ0n) is 25.7. The number of hydrogen-bond acceptors (Lipinski definition) is 2. The van der Waals surface area contributed by atoms with E-state index in [1.54, 1.807) is 5.57 Å². The standard InChI is InChI=1S/C41H42N2/c1-4-10-33-28(3)40(29-18-16-27(2)17-19-29)37-14-7-8-15-38(37)41(33)39-21-20-34(35-12-5-6-13-36(35)39)32-23-31(25-43-26-32)30-11-9-22-42-24-30/h4-6,8-13,15-16,18,20-23,25-27,29,37,40,42H,7,14,17,19,24H2,1-3H3/b10-4-. The van der Waals surface area contributed by atoms with Crippen LogP contribution in [-0.4, -0.2) is 11.5 Å². The third kappa shape index (κ3) is 5.07. The fourth-order valence-electron chi connectivity index (χ4n) is 8.01. The lowest BCUT2D eigenvalue weighted by molar-refractivity contribution is 0.288. The van der Waals surface area contributed by atoms with E-state index in [0.29, 0.717) is 23.7 Å². The second-order valence-corrected chi connectivity index (χ2v) is 12.7. The van der Waals surface area contributed by atoms with Crippen molar-refractivity contribution in [2.45, 2.75) is 46.5 Å². The summed E-state index contributed by atoms with van der Waals surface area (Å²) in [6.45, 7) is 7.77. The average Bonchev–Trinajstić information content (AvgIpc) is 3.06. The van der Waals surface area contributed by atoms with Crippen LogP contribution in [0.15, 0.2) is 126 Å². The molecular weight excluding hydrogens is 520 g/mol. The van der Waals surface area contributed by atoms with Gasteiger partial charge in [0.25, 0.3) is 0 Å². The molecule has 4 aliphatic rings. The predicted molar refractivity (Wildman–Crippen MR) is 183 cm³/mol. The van der Waals surface area contributed by atoms with Gasteiger partial charge in [-0.05, 0) is 131 Å². The van der Waals surface area contributed by atoms with Gasteiger partial charge in [0, 0.05) is 24.5 Å². The highest BCUT2D eigenvalue weighted by atomic mass is 14.8. The molecule has 0 spiro atoms. The van der Waals surface area contributed by atoms with Crippen LogP contribution in [0.4, 0.5) is 0 Å². The smallest absolute Gasteiger partial charge is 0.0401 e. The van der Waals surface area contributed by atoms with Crippen LogP contribution in [0.5, 0.6) is 0 Å². The van der Waals surface area contributed by atoms with Crippen LogP contribution in [0.25, 0.3) is 33.0 Å². The van der Waals surface area contributed by atoms with Crippen molar-refractivity contribution >= 4 is 21.9 Å². The van der Waals surface area contributed by atoms with Crippen molar-refractivity contribution in [3.05, 3.63) is 138 Å². The first-order valence-corrected chi connectivity index (χ1v) is 16.1. The fraction of sp³-hybridized carbons (Fsp3) is 0.293. The lowest BCUT2D eigenvalue weighted by Crippen LogP contribution is -2.31. The number of aromatic nitrogens is 1. The van der Waals surface area contributed by atoms with Crippen molar-refractivity contribution in [1.29, 1.82) is 0 Å². The molecule has 7 rings (SSSR count). The van der Waals surface area contributed by atoms with E-state index in [2.05, 4.69) is 122 Å². The Kier molecular flexibility index (Phi) is 7.61. The zero-order chi connectivity index (χ0) is 29.3. The lowest BCUT2D eigenvalue weighted by atomic mass is 9.61. The van der Waals surface area contributed by atoms with Crippen LogP contribution in [0.2, 0.25) is 0 Å². The molecular formula is C41H42N2. The zero-order valence-corrected chi connectivity index (χ0v) is 25.7. The largest absolute Gasteiger partial charge is 0.387 e. The Morgan fingerprint density at radius 3 is 2.51 bits per heavy atom. The summed E-state index contributed by atoms with van der Waals surface area (Å²) in [5, 5.41) is 5.92. The van der Waals surface area contributed by atoms with Crippen LogP contribution >= 0.6 is 0 Å². The summed E-state index contributed by atoms with van der Waals surface area (Å²) < 4.78 is 0. The summed E-state index contributed by atoms with van der Waals surface area (Å²) in [5.41, 5.74) is 12.1. The summed E-state index contributed by atoms with van der Waals surface area (Å²) in [4.78, 5) is 4.68. The minimum Gasteiger partial charge on any atom is -0.387 e. The van der Waals surface area contributed by atoms with Crippen LogP contribution in [0.3, 0.4) is 0 Å². The molecule has 0 saturated carbocycles. The quantitative estimate of drug-likeness (QED) is 0.313. The lowest BCUT2D eigenvalue weighted by Gasteiger charge is -2.43. The van der Waals surface area contributed by atoms with Gasteiger partial charge in [-0.3, -0.25) is 4.98 Å². The van der Waals surface area contributed by atoms with Gasteiger partial charge in [-0.2, -0.15) is 0 Å². The molecule has 4 unspecified atom stereocenters. The maximum atomic E-state index is 4.68. The predicted octanol–water partition coefficient (Wildman–Crippen LogP) is 10.2. The Hall–Kier alpha value is -4.17. The van der Waals surface area contributed by atoms with Gasteiger partial charge in [0.05, 0.1) is 0 Å². The second-order valence-electron chi connectivity index (χ2n) is 12.7. The van der Waals surface area contributed by atoms with Crippen LogP contribution in [-0.2, 0) is 0 Å². The highest BCUT2D eigenvalue weighted by Gasteiger charge is 2.39. The van der Waals surface area contributed by atoms with Crippen molar-refractivity contribution in [3.63, 3.8) is 0 Å². The van der Waals surface area contributed by atoms with E-state index in [4.69, 9.17) is 0 Å². The van der Waals surface area contributed by atoms with Gasteiger partial charge in [-0.25, -0.2) is 0 Å². The molecule has 2 aromatic carbocycles. The average molecular weight is 563 g/mol. The SMILES string of the molecule is C/C=C\C1=C(C)C(C2C=CC(C)CC2)C2CCC=CC2=C1c1ccc(-c2cncc(C3=CC=CNC3)c2)c2ccccc12. The molecule has 1 aromatic heterocycles. The Bertz CT molecular complexity index is 1770.